The average molecular weight is 237 g/mol. The van der Waals surface area contributed by atoms with Crippen molar-refractivity contribution in [3.8, 4) is 0 Å². The van der Waals surface area contributed by atoms with E-state index in [1.165, 1.54) is 6.39 Å². The molecule has 1 aromatic heterocycles. The Morgan fingerprint density at radius 3 is 2.88 bits per heavy atom. The van der Waals surface area contributed by atoms with Crippen molar-refractivity contribution in [2.45, 2.75) is 33.2 Å². The van der Waals surface area contributed by atoms with Gasteiger partial charge in [-0.3, -0.25) is 4.79 Å². The van der Waals surface area contributed by atoms with Gasteiger partial charge in [0.1, 0.15) is 0 Å². The second kappa shape index (κ2) is 4.14. The zero-order valence-electron chi connectivity index (χ0n) is 10.6. The van der Waals surface area contributed by atoms with Gasteiger partial charge in [-0.05, 0) is 18.8 Å². The lowest BCUT2D eigenvalue weighted by Gasteiger charge is -2.42. The van der Waals surface area contributed by atoms with Crippen LogP contribution in [0.5, 0.6) is 0 Å². The summed E-state index contributed by atoms with van der Waals surface area (Å²) >= 11 is 0. The van der Waals surface area contributed by atoms with Gasteiger partial charge in [0.25, 0.3) is 5.91 Å². The van der Waals surface area contributed by atoms with Gasteiger partial charge in [-0.2, -0.15) is 0 Å². The molecule has 2 rings (SSSR count). The molecule has 2 heterocycles. The Labute approximate surface area is 101 Å². The van der Waals surface area contributed by atoms with Crippen molar-refractivity contribution in [2.24, 2.45) is 11.1 Å². The number of nitrogens with two attached hydrogens (primary N) is 1. The van der Waals surface area contributed by atoms with E-state index in [1.54, 1.807) is 11.8 Å². The molecular weight excluding hydrogens is 218 g/mol. The molecule has 0 aromatic carbocycles. The topological polar surface area (TPSA) is 72.4 Å². The summed E-state index contributed by atoms with van der Waals surface area (Å²) in [7, 11) is 0. The summed E-state index contributed by atoms with van der Waals surface area (Å²) in [6, 6.07) is 0.141. The van der Waals surface area contributed by atoms with Crippen LogP contribution >= 0.6 is 0 Å². The number of carbonyl (C=O) groups is 1. The number of hydrogen-bond donors (Lipinski definition) is 1. The fourth-order valence-electron chi connectivity index (χ4n) is 2.20. The standard InChI is InChI=1S/C12H19N3O2/c1-8-10(17-7-14-8)11(16)15-5-4-9(13)12(2,3)6-15/h7,9H,4-6,13H2,1-3H3. The molecule has 1 amide bonds. The molecule has 0 saturated carbocycles. The van der Waals surface area contributed by atoms with Gasteiger partial charge in [-0.1, -0.05) is 13.8 Å². The number of oxazole rings is 1. The first-order chi connectivity index (χ1) is 7.92. The Hall–Kier alpha value is -1.36. The van der Waals surface area contributed by atoms with Crippen molar-refractivity contribution in [3.05, 3.63) is 17.8 Å². The monoisotopic (exact) mass is 237 g/mol. The van der Waals surface area contributed by atoms with E-state index in [0.717, 1.165) is 6.42 Å². The minimum atomic E-state index is -0.0834. The normalized spacial score (nSPS) is 23.8. The Morgan fingerprint density at radius 1 is 1.65 bits per heavy atom. The third-order valence-corrected chi connectivity index (χ3v) is 3.54. The van der Waals surface area contributed by atoms with Gasteiger partial charge < -0.3 is 15.1 Å². The van der Waals surface area contributed by atoms with Crippen molar-refractivity contribution in [1.29, 1.82) is 0 Å². The van der Waals surface area contributed by atoms with Crippen LogP contribution in [0.2, 0.25) is 0 Å². The Kier molecular flexibility index (Phi) is 2.95. The lowest BCUT2D eigenvalue weighted by molar-refractivity contribution is 0.0502. The van der Waals surface area contributed by atoms with Crippen molar-refractivity contribution in [1.82, 2.24) is 9.88 Å². The summed E-state index contributed by atoms with van der Waals surface area (Å²) in [5.41, 5.74) is 6.64. The van der Waals surface area contributed by atoms with Gasteiger partial charge in [0, 0.05) is 19.1 Å². The number of aromatic nitrogens is 1. The zero-order chi connectivity index (χ0) is 12.6. The van der Waals surface area contributed by atoms with Crippen molar-refractivity contribution in [2.75, 3.05) is 13.1 Å². The molecule has 94 valence electrons. The molecule has 1 fully saturated rings. The summed E-state index contributed by atoms with van der Waals surface area (Å²) in [5, 5.41) is 0. The van der Waals surface area contributed by atoms with Crippen LogP contribution in [0, 0.1) is 12.3 Å². The number of piperidine rings is 1. The summed E-state index contributed by atoms with van der Waals surface area (Å²) in [5.74, 6) is 0.260. The van der Waals surface area contributed by atoms with Crippen LogP contribution in [0.3, 0.4) is 0 Å². The number of carbonyl (C=O) groups excluding carboxylic acids is 1. The van der Waals surface area contributed by atoms with Crippen LogP contribution in [0.25, 0.3) is 0 Å². The third kappa shape index (κ3) is 2.20. The maximum absolute atomic E-state index is 12.2. The van der Waals surface area contributed by atoms with Gasteiger partial charge in [-0.15, -0.1) is 0 Å². The molecule has 1 aliphatic heterocycles. The molecule has 1 unspecified atom stereocenters. The number of nitrogens with zero attached hydrogens (tertiary/aromatic N) is 2. The summed E-state index contributed by atoms with van der Waals surface area (Å²) < 4.78 is 5.14. The highest BCUT2D eigenvalue weighted by molar-refractivity contribution is 5.92. The van der Waals surface area contributed by atoms with Crippen molar-refractivity contribution in [3.63, 3.8) is 0 Å². The van der Waals surface area contributed by atoms with Gasteiger partial charge in [-0.25, -0.2) is 4.98 Å². The molecule has 0 spiro atoms. The molecule has 1 atom stereocenters. The van der Waals surface area contributed by atoms with E-state index in [2.05, 4.69) is 18.8 Å². The number of rotatable bonds is 1. The van der Waals surface area contributed by atoms with E-state index in [1.807, 2.05) is 0 Å². The van der Waals surface area contributed by atoms with Crippen molar-refractivity contribution >= 4 is 5.91 Å². The Balaban J connectivity index is 2.15. The largest absolute Gasteiger partial charge is 0.438 e. The van der Waals surface area contributed by atoms with Crippen LogP contribution in [-0.4, -0.2) is 34.9 Å². The molecule has 17 heavy (non-hydrogen) atoms. The first-order valence-electron chi connectivity index (χ1n) is 5.87. The minimum Gasteiger partial charge on any atom is -0.438 e. The summed E-state index contributed by atoms with van der Waals surface area (Å²) in [4.78, 5) is 18.0. The molecule has 2 N–H and O–H groups in total. The number of aryl methyl sites for hydroxylation is 1. The predicted octanol–water partition coefficient (Wildman–Crippen LogP) is 1.18. The van der Waals surface area contributed by atoms with Crippen LogP contribution < -0.4 is 5.73 Å². The highest BCUT2D eigenvalue weighted by Gasteiger charge is 2.36. The molecule has 0 radical (unpaired) electrons. The lowest BCUT2D eigenvalue weighted by atomic mass is 9.79. The average Bonchev–Trinajstić information content (AvgIpc) is 2.67. The van der Waals surface area contributed by atoms with E-state index < -0.39 is 0 Å². The van der Waals surface area contributed by atoms with Gasteiger partial charge in [0.05, 0.1) is 5.69 Å². The SMILES string of the molecule is Cc1ncoc1C(=O)N1CCC(N)C(C)(C)C1. The molecular formula is C12H19N3O2. The molecule has 0 aliphatic carbocycles. The highest BCUT2D eigenvalue weighted by atomic mass is 16.3. The summed E-state index contributed by atoms with van der Waals surface area (Å²) in [6.45, 7) is 7.29. The van der Waals surface area contributed by atoms with Gasteiger partial charge in [0.15, 0.2) is 6.39 Å². The van der Waals surface area contributed by atoms with E-state index in [4.69, 9.17) is 10.2 Å². The molecule has 5 heteroatoms. The maximum atomic E-state index is 12.2. The number of likely N-dealkylation sites (tertiary alicyclic amines) is 1. The first-order valence-corrected chi connectivity index (χ1v) is 5.87. The van der Waals surface area contributed by atoms with Crippen LogP contribution in [0.4, 0.5) is 0 Å². The predicted molar refractivity (Wildman–Crippen MR) is 63.5 cm³/mol. The minimum absolute atomic E-state index is 0.0537. The molecule has 0 bridgehead atoms. The fourth-order valence-corrected chi connectivity index (χ4v) is 2.20. The number of amides is 1. The Morgan fingerprint density at radius 2 is 2.35 bits per heavy atom. The highest BCUT2D eigenvalue weighted by Crippen LogP contribution is 2.28. The van der Waals surface area contributed by atoms with Crippen LogP contribution in [-0.2, 0) is 0 Å². The maximum Gasteiger partial charge on any atom is 0.291 e. The smallest absolute Gasteiger partial charge is 0.291 e. The quantitative estimate of drug-likeness (QED) is 0.796. The third-order valence-electron chi connectivity index (χ3n) is 3.54. The zero-order valence-corrected chi connectivity index (χ0v) is 10.6. The van der Waals surface area contributed by atoms with Crippen LogP contribution in [0.15, 0.2) is 10.8 Å². The van der Waals surface area contributed by atoms with E-state index >= 15 is 0 Å². The molecule has 5 nitrogen and oxygen atoms in total. The van der Waals surface area contributed by atoms with E-state index in [9.17, 15) is 4.79 Å². The van der Waals surface area contributed by atoms with Crippen molar-refractivity contribution < 1.29 is 9.21 Å². The fraction of sp³-hybridized carbons (Fsp3) is 0.667. The summed E-state index contributed by atoms with van der Waals surface area (Å²) in [6.07, 6.45) is 2.13. The molecule has 1 aromatic rings. The molecule has 1 saturated heterocycles. The van der Waals surface area contributed by atoms with E-state index in [-0.39, 0.29) is 17.4 Å². The molecule has 1 aliphatic rings. The number of hydrogen-bond acceptors (Lipinski definition) is 4. The lowest BCUT2D eigenvalue weighted by Crippen LogP contribution is -2.54. The second-order valence-electron chi connectivity index (χ2n) is 5.38. The van der Waals surface area contributed by atoms with Crippen LogP contribution in [0.1, 0.15) is 36.5 Å². The Bertz CT molecular complexity index is 425. The van der Waals surface area contributed by atoms with Gasteiger partial charge >= 0.3 is 0 Å². The van der Waals surface area contributed by atoms with E-state index in [0.29, 0.717) is 24.5 Å². The second-order valence-corrected chi connectivity index (χ2v) is 5.38. The van der Waals surface area contributed by atoms with Gasteiger partial charge in [0.2, 0.25) is 5.76 Å². The first kappa shape index (κ1) is 12.1.